The number of hydrogen-bond donors (Lipinski definition) is 2. The van der Waals surface area contributed by atoms with Gasteiger partial charge < -0.3 is 15.4 Å². The molecule has 20 heavy (non-hydrogen) atoms. The minimum absolute atomic E-state index is 0.00659. The highest BCUT2D eigenvalue weighted by molar-refractivity contribution is 7.99. The molecule has 1 rings (SSSR count). The Hall–Kier alpha value is -1.11. The second kappa shape index (κ2) is 10.7. The van der Waals surface area contributed by atoms with Crippen LogP contribution in [0.5, 0.6) is 0 Å². The summed E-state index contributed by atoms with van der Waals surface area (Å²) in [5.74, 6) is 0.665. The van der Waals surface area contributed by atoms with Crippen LogP contribution in [0.4, 0.5) is 4.39 Å². The Bertz CT molecular complexity index is 387. The lowest BCUT2D eigenvalue weighted by Gasteiger charge is -2.06. The Labute approximate surface area is 123 Å². The van der Waals surface area contributed by atoms with Crippen LogP contribution in [0.3, 0.4) is 0 Å². The first-order valence-electron chi connectivity index (χ1n) is 6.57. The maximum absolute atomic E-state index is 12.7. The molecule has 0 saturated carbocycles. The summed E-state index contributed by atoms with van der Waals surface area (Å²) < 4.78 is 17.6. The molecule has 0 spiro atoms. The van der Waals surface area contributed by atoms with Crippen molar-refractivity contribution in [3.8, 4) is 0 Å². The van der Waals surface area contributed by atoms with E-state index < -0.39 is 0 Å². The Kier molecular flexibility index (Phi) is 9.02. The van der Waals surface area contributed by atoms with Crippen LogP contribution in [-0.4, -0.2) is 45.0 Å². The molecular weight excluding hydrogens is 279 g/mol. The van der Waals surface area contributed by atoms with E-state index in [-0.39, 0.29) is 11.7 Å². The van der Waals surface area contributed by atoms with Crippen molar-refractivity contribution >= 4 is 17.7 Å². The van der Waals surface area contributed by atoms with Crippen LogP contribution < -0.4 is 10.6 Å². The van der Waals surface area contributed by atoms with Gasteiger partial charge in [0.25, 0.3) is 0 Å². The Morgan fingerprint density at radius 1 is 1.30 bits per heavy atom. The lowest BCUT2D eigenvalue weighted by atomic mass is 10.4. The summed E-state index contributed by atoms with van der Waals surface area (Å²) in [6.07, 6.45) is 0.881. The lowest BCUT2D eigenvalue weighted by Crippen LogP contribution is -2.35. The van der Waals surface area contributed by atoms with Crippen LogP contribution in [0.1, 0.15) is 6.42 Å². The van der Waals surface area contributed by atoms with Gasteiger partial charge in [-0.05, 0) is 36.4 Å². The molecule has 112 valence electrons. The monoisotopic (exact) mass is 300 g/mol. The summed E-state index contributed by atoms with van der Waals surface area (Å²) in [7, 11) is 1.63. The van der Waals surface area contributed by atoms with Gasteiger partial charge in [0, 0.05) is 25.1 Å². The van der Waals surface area contributed by atoms with Gasteiger partial charge in [-0.15, -0.1) is 11.8 Å². The van der Waals surface area contributed by atoms with E-state index in [2.05, 4.69) is 10.6 Å². The van der Waals surface area contributed by atoms with Crippen molar-refractivity contribution in [2.45, 2.75) is 11.3 Å². The van der Waals surface area contributed by atoms with Crippen molar-refractivity contribution < 1.29 is 13.9 Å². The molecule has 0 aliphatic heterocycles. The smallest absolute Gasteiger partial charge is 0.233 e. The molecule has 0 unspecified atom stereocenters. The van der Waals surface area contributed by atoms with Crippen molar-refractivity contribution in [3.05, 3.63) is 30.1 Å². The summed E-state index contributed by atoms with van der Waals surface area (Å²) in [4.78, 5) is 12.5. The number of thioether (sulfide) groups is 1. The summed E-state index contributed by atoms with van der Waals surface area (Å²) in [6.45, 7) is 2.24. The van der Waals surface area contributed by atoms with Gasteiger partial charge in [0.2, 0.25) is 5.91 Å². The number of carbonyl (C=O) groups is 1. The minimum Gasteiger partial charge on any atom is -0.383 e. The number of amides is 1. The molecular formula is C14H21FN2O2S. The van der Waals surface area contributed by atoms with Gasteiger partial charge in [-0.2, -0.15) is 0 Å². The number of carbonyl (C=O) groups excluding carboxylic acids is 1. The van der Waals surface area contributed by atoms with Crippen molar-refractivity contribution in [1.29, 1.82) is 0 Å². The number of rotatable bonds is 10. The van der Waals surface area contributed by atoms with E-state index in [0.29, 0.717) is 26.2 Å². The van der Waals surface area contributed by atoms with Crippen molar-refractivity contribution in [3.63, 3.8) is 0 Å². The van der Waals surface area contributed by atoms with E-state index in [1.807, 2.05) is 0 Å². The molecule has 2 N–H and O–H groups in total. The van der Waals surface area contributed by atoms with E-state index in [9.17, 15) is 9.18 Å². The first kappa shape index (κ1) is 16.9. The third-order valence-corrected chi connectivity index (χ3v) is 3.59. The second-order valence-corrected chi connectivity index (χ2v) is 5.34. The number of hydrogen-bond acceptors (Lipinski definition) is 4. The molecule has 4 nitrogen and oxygen atoms in total. The van der Waals surface area contributed by atoms with E-state index in [4.69, 9.17) is 4.74 Å². The molecule has 0 aromatic heterocycles. The topological polar surface area (TPSA) is 50.4 Å². The van der Waals surface area contributed by atoms with Crippen molar-refractivity contribution in [2.24, 2.45) is 0 Å². The summed E-state index contributed by atoms with van der Waals surface area (Å²) in [6, 6.07) is 6.43. The highest BCUT2D eigenvalue weighted by Gasteiger charge is 2.00. The fourth-order valence-corrected chi connectivity index (χ4v) is 2.31. The minimum atomic E-state index is -0.220. The van der Waals surface area contributed by atoms with Gasteiger partial charge in [-0.25, -0.2) is 4.39 Å². The van der Waals surface area contributed by atoms with Crippen LogP contribution in [-0.2, 0) is 9.53 Å². The molecule has 0 heterocycles. The van der Waals surface area contributed by atoms with E-state index >= 15 is 0 Å². The average Bonchev–Trinajstić information content (AvgIpc) is 2.45. The quantitative estimate of drug-likeness (QED) is 0.510. The van der Waals surface area contributed by atoms with E-state index in [0.717, 1.165) is 17.1 Å². The molecule has 0 atom stereocenters. The van der Waals surface area contributed by atoms with Gasteiger partial charge in [0.1, 0.15) is 5.82 Å². The van der Waals surface area contributed by atoms with Crippen LogP contribution >= 0.6 is 11.8 Å². The predicted molar refractivity (Wildman–Crippen MR) is 79.5 cm³/mol. The van der Waals surface area contributed by atoms with Gasteiger partial charge in [0.05, 0.1) is 13.2 Å². The van der Waals surface area contributed by atoms with E-state index in [1.54, 1.807) is 31.0 Å². The van der Waals surface area contributed by atoms with E-state index in [1.165, 1.54) is 12.1 Å². The zero-order valence-corrected chi connectivity index (χ0v) is 12.5. The molecule has 0 fully saturated rings. The van der Waals surface area contributed by atoms with Gasteiger partial charge in [-0.1, -0.05) is 0 Å². The van der Waals surface area contributed by atoms with Crippen molar-refractivity contribution in [1.82, 2.24) is 10.6 Å². The van der Waals surface area contributed by atoms with Gasteiger partial charge >= 0.3 is 0 Å². The molecule has 0 radical (unpaired) electrons. The highest BCUT2D eigenvalue weighted by Crippen LogP contribution is 2.18. The predicted octanol–water partition coefficient (Wildman–Crippen LogP) is 1.66. The number of methoxy groups -OCH3 is 1. The average molecular weight is 300 g/mol. The van der Waals surface area contributed by atoms with Crippen LogP contribution in [0.25, 0.3) is 0 Å². The normalized spacial score (nSPS) is 10.5. The van der Waals surface area contributed by atoms with Gasteiger partial charge in [-0.3, -0.25) is 4.79 Å². The molecule has 1 amide bonds. The fourth-order valence-electron chi connectivity index (χ4n) is 1.46. The molecule has 1 aromatic carbocycles. The fraction of sp³-hybridized carbons (Fsp3) is 0.500. The summed E-state index contributed by atoms with van der Waals surface area (Å²) in [5.41, 5.74) is 0. The van der Waals surface area contributed by atoms with Gasteiger partial charge in [0.15, 0.2) is 0 Å². The molecule has 0 bridgehead atoms. The maximum Gasteiger partial charge on any atom is 0.233 e. The molecule has 1 aromatic rings. The highest BCUT2D eigenvalue weighted by atomic mass is 32.2. The zero-order chi connectivity index (χ0) is 14.6. The Morgan fingerprint density at radius 3 is 2.75 bits per heavy atom. The largest absolute Gasteiger partial charge is 0.383 e. The second-order valence-electron chi connectivity index (χ2n) is 4.18. The first-order chi connectivity index (χ1) is 9.72. The molecule has 0 aliphatic rings. The first-order valence-corrected chi connectivity index (χ1v) is 7.55. The number of ether oxygens (including phenoxy) is 1. The van der Waals surface area contributed by atoms with Crippen LogP contribution in [0, 0.1) is 5.82 Å². The SMILES string of the molecule is COCCNCC(=O)NCCCSc1ccc(F)cc1. The van der Waals surface area contributed by atoms with Crippen LogP contribution in [0.2, 0.25) is 0 Å². The number of benzene rings is 1. The molecule has 0 aliphatic carbocycles. The summed E-state index contributed by atoms with van der Waals surface area (Å²) in [5, 5.41) is 5.82. The van der Waals surface area contributed by atoms with Crippen molar-refractivity contribution in [2.75, 3.05) is 39.1 Å². The maximum atomic E-state index is 12.7. The standard InChI is InChI=1S/C14H21FN2O2S/c1-19-9-8-16-11-14(18)17-7-2-10-20-13-5-3-12(15)4-6-13/h3-6,16H,2,7-11H2,1H3,(H,17,18). The third kappa shape index (κ3) is 8.14. The third-order valence-electron chi connectivity index (χ3n) is 2.49. The Balaban J connectivity index is 1.98. The summed E-state index contributed by atoms with van der Waals surface area (Å²) >= 11 is 1.66. The zero-order valence-electron chi connectivity index (χ0n) is 11.7. The molecule has 6 heteroatoms. The number of nitrogens with one attached hydrogen (secondary N) is 2. The Morgan fingerprint density at radius 2 is 2.05 bits per heavy atom. The lowest BCUT2D eigenvalue weighted by molar-refractivity contribution is -0.120. The van der Waals surface area contributed by atoms with Crippen LogP contribution in [0.15, 0.2) is 29.2 Å². The number of halogens is 1. The molecule has 0 saturated heterocycles.